The lowest BCUT2D eigenvalue weighted by molar-refractivity contribution is 1.14. The van der Waals surface area contributed by atoms with Crippen molar-refractivity contribution in [3.63, 3.8) is 0 Å². The van der Waals surface area contributed by atoms with Crippen molar-refractivity contribution in [1.29, 1.82) is 0 Å². The fourth-order valence-electron chi connectivity index (χ4n) is 0.195. The van der Waals surface area contributed by atoms with Gasteiger partial charge in [-0.25, -0.2) is 4.99 Å². The normalized spacial score (nSPS) is 12.1. The molecule has 3 nitrogen and oxygen atoms in total. The highest BCUT2D eigenvalue weighted by Crippen LogP contribution is 1.96. The third-order valence-corrected chi connectivity index (χ3v) is 0.778. The Hall–Kier alpha value is -1.12. The molecule has 0 bridgehead atoms. The van der Waals surface area contributed by atoms with E-state index < -0.39 is 0 Å². The first-order valence-electron chi connectivity index (χ1n) is 2.12. The smallest absolute Gasteiger partial charge is 0.144 e. The lowest BCUT2D eigenvalue weighted by Crippen LogP contribution is -1.94. The predicted molar refractivity (Wildman–Crippen MR) is 36.0 cm³/mol. The molecule has 2 N–H and O–H groups in total. The number of nitrogens with zero attached hydrogens (tertiary/aromatic N) is 2. The molecule has 0 saturated carbocycles. The highest BCUT2D eigenvalue weighted by atomic mass is 14.9. The summed E-state index contributed by atoms with van der Waals surface area (Å²) in [5, 5.41) is 0. The van der Waals surface area contributed by atoms with Crippen LogP contribution in [0.3, 0.4) is 0 Å². The summed E-state index contributed by atoms with van der Waals surface area (Å²) in [5.74, 6) is 0.333. The van der Waals surface area contributed by atoms with Crippen molar-refractivity contribution in [2.24, 2.45) is 15.7 Å². The summed E-state index contributed by atoms with van der Waals surface area (Å²) in [6, 6.07) is 0. The number of nitrogens with two attached hydrogens (primary N) is 1. The average molecular weight is 111 g/mol. The fraction of sp³-hybridized carbons (Fsp3) is 0.200. The number of rotatable bonds is 2. The first-order valence-corrected chi connectivity index (χ1v) is 2.12. The third-order valence-electron chi connectivity index (χ3n) is 0.778. The van der Waals surface area contributed by atoms with Crippen LogP contribution in [0.1, 0.15) is 6.92 Å². The molecule has 0 aliphatic rings. The van der Waals surface area contributed by atoms with E-state index in [1.54, 1.807) is 6.92 Å². The third kappa shape index (κ3) is 1.55. The minimum absolute atomic E-state index is 0.333. The van der Waals surface area contributed by atoms with Gasteiger partial charge in [0.25, 0.3) is 0 Å². The molecule has 0 radical (unpaired) electrons. The zero-order valence-electron chi connectivity index (χ0n) is 4.89. The summed E-state index contributed by atoms with van der Waals surface area (Å²) in [6.07, 6.45) is 0. The van der Waals surface area contributed by atoms with Gasteiger partial charge in [-0.05, 0) is 20.4 Å². The van der Waals surface area contributed by atoms with Crippen LogP contribution < -0.4 is 5.73 Å². The first kappa shape index (κ1) is 6.88. The molecule has 0 atom stereocenters. The predicted octanol–water partition coefficient (Wildman–Crippen LogP) is 0.535. The summed E-state index contributed by atoms with van der Waals surface area (Å²) in [5.41, 5.74) is 5.85. The van der Waals surface area contributed by atoms with E-state index in [0.717, 1.165) is 0 Å². The summed E-state index contributed by atoms with van der Waals surface area (Å²) in [4.78, 5) is 6.96. The summed E-state index contributed by atoms with van der Waals surface area (Å²) >= 11 is 0. The lowest BCUT2D eigenvalue weighted by Gasteiger charge is -1.91. The van der Waals surface area contributed by atoms with Crippen LogP contribution in [0, 0.1) is 0 Å². The van der Waals surface area contributed by atoms with Crippen LogP contribution in [0.5, 0.6) is 0 Å². The van der Waals surface area contributed by atoms with Gasteiger partial charge in [-0.15, -0.1) is 0 Å². The van der Waals surface area contributed by atoms with Crippen molar-refractivity contribution < 1.29 is 0 Å². The van der Waals surface area contributed by atoms with E-state index in [0.29, 0.717) is 11.5 Å². The summed E-state index contributed by atoms with van der Waals surface area (Å²) in [6.45, 7) is 8.18. The molecule has 0 fully saturated rings. The second-order valence-corrected chi connectivity index (χ2v) is 1.29. The Morgan fingerprint density at radius 3 is 2.00 bits per heavy atom. The van der Waals surface area contributed by atoms with E-state index in [1.807, 2.05) is 0 Å². The van der Waals surface area contributed by atoms with Gasteiger partial charge in [0.1, 0.15) is 5.82 Å². The maximum atomic E-state index is 5.24. The van der Waals surface area contributed by atoms with Gasteiger partial charge < -0.3 is 5.73 Å². The van der Waals surface area contributed by atoms with Crippen LogP contribution in [0.25, 0.3) is 0 Å². The van der Waals surface area contributed by atoms with E-state index in [4.69, 9.17) is 5.73 Å². The van der Waals surface area contributed by atoms with Crippen molar-refractivity contribution in [2.75, 3.05) is 0 Å². The molecule has 0 saturated heterocycles. The topological polar surface area (TPSA) is 50.7 Å². The van der Waals surface area contributed by atoms with Crippen molar-refractivity contribution in [1.82, 2.24) is 0 Å². The molecule has 44 valence electrons. The molecule has 0 aromatic heterocycles. The van der Waals surface area contributed by atoms with Crippen molar-refractivity contribution >= 4 is 13.4 Å². The van der Waals surface area contributed by atoms with E-state index >= 15 is 0 Å². The molecule has 0 unspecified atom stereocenters. The summed E-state index contributed by atoms with van der Waals surface area (Å²) < 4.78 is 0. The zero-order chi connectivity index (χ0) is 6.57. The van der Waals surface area contributed by atoms with Crippen LogP contribution in [-0.4, -0.2) is 13.4 Å². The molecule has 3 heteroatoms. The van der Waals surface area contributed by atoms with E-state index in [2.05, 4.69) is 23.4 Å². The van der Waals surface area contributed by atoms with E-state index in [9.17, 15) is 0 Å². The van der Waals surface area contributed by atoms with Gasteiger partial charge in [0, 0.05) is 0 Å². The Bertz CT molecular complexity index is 119. The molecule has 8 heavy (non-hydrogen) atoms. The minimum Gasteiger partial charge on any atom is -0.382 e. The monoisotopic (exact) mass is 111 g/mol. The zero-order valence-corrected chi connectivity index (χ0v) is 4.89. The molecule has 0 heterocycles. The number of hydrogen-bond donors (Lipinski definition) is 1. The molecule has 0 aromatic carbocycles. The maximum Gasteiger partial charge on any atom is 0.144 e. The van der Waals surface area contributed by atoms with Gasteiger partial charge in [0.15, 0.2) is 0 Å². The van der Waals surface area contributed by atoms with Crippen LogP contribution in [0.15, 0.2) is 21.5 Å². The van der Waals surface area contributed by atoms with Crippen molar-refractivity contribution in [3.8, 4) is 0 Å². The molecule has 0 spiro atoms. The van der Waals surface area contributed by atoms with Gasteiger partial charge >= 0.3 is 0 Å². The minimum atomic E-state index is 0.333. The molecule has 0 aromatic rings. The fourth-order valence-corrected chi connectivity index (χ4v) is 0.195. The van der Waals surface area contributed by atoms with Gasteiger partial charge in [0.05, 0.1) is 5.70 Å². The van der Waals surface area contributed by atoms with Crippen LogP contribution in [0.2, 0.25) is 0 Å². The largest absolute Gasteiger partial charge is 0.382 e. The molecule has 0 aliphatic heterocycles. The Morgan fingerprint density at radius 1 is 1.38 bits per heavy atom. The Balaban J connectivity index is 4.25. The van der Waals surface area contributed by atoms with Crippen LogP contribution in [-0.2, 0) is 0 Å². The van der Waals surface area contributed by atoms with Gasteiger partial charge in [0.2, 0.25) is 0 Å². The Morgan fingerprint density at radius 2 is 1.88 bits per heavy atom. The van der Waals surface area contributed by atoms with Gasteiger partial charge in [-0.2, -0.15) is 0 Å². The Kier molecular flexibility index (Phi) is 2.54. The number of allylic oxidation sites excluding steroid dienone is 1. The van der Waals surface area contributed by atoms with Crippen LogP contribution in [0.4, 0.5) is 0 Å². The summed E-state index contributed by atoms with van der Waals surface area (Å²) in [7, 11) is 0. The quantitative estimate of drug-likeness (QED) is 0.519. The molecular formula is C5H9N3. The molecule has 0 aliphatic carbocycles. The molecule has 0 rings (SSSR count). The SMILES string of the molecule is C=N/C(C)=C(/N)N=C. The second kappa shape index (κ2) is 2.96. The Labute approximate surface area is 48.6 Å². The van der Waals surface area contributed by atoms with Gasteiger partial charge in [-0.1, -0.05) is 0 Å². The molecular weight excluding hydrogens is 102 g/mol. The average Bonchev–Trinajstić information content (AvgIpc) is 1.84. The van der Waals surface area contributed by atoms with Crippen LogP contribution >= 0.6 is 0 Å². The molecule has 0 amide bonds. The highest BCUT2D eigenvalue weighted by molar-refractivity contribution is 5.33. The number of hydrogen-bond acceptors (Lipinski definition) is 3. The first-order chi connectivity index (χ1) is 3.72. The number of aliphatic imine (C=N–C) groups is 2. The lowest BCUT2D eigenvalue weighted by atomic mass is 10.5. The second-order valence-electron chi connectivity index (χ2n) is 1.29. The standard InChI is InChI=1S/C5H9N3/c1-4(7-2)5(6)8-3/h2-3,6H2,1H3/b5-4-. The maximum absolute atomic E-state index is 5.24. The van der Waals surface area contributed by atoms with E-state index in [-0.39, 0.29) is 0 Å². The van der Waals surface area contributed by atoms with Gasteiger partial charge in [-0.3, -0.25) is 4.99 Å². The highest BCUT2D eigenvalue weighted by Gasteiger charge is 1.86. The van der Waals surface area contributed by atoms with Crippen molar-refractivity contribution in [2.45, 2.75) is 6.92 Å². The van der Waals surface area contributed by atoms with E-state index in [1.165, 1.54) is 0 Å². The van der Waals surface area contributed by atoms with Crippen molar-refractivity contribution in [3.05, 3.63) is 11.5 Å².